The molecule has 1 heterocycles. The van der Waals surface area contributed by atoms with E-state index >= 15 is 0 Å². The molecule has 0 fully saturated rings. The fourth-order valence-corrected chi connectivity index (χ4v) is 3.13. The standard InChI is InChI=1S/C18H27NO/c1-17(2,3)14-12-11-13-9-7-8-10-15(13)19(16(14)20)18(4,5)6/h7-10,14H,11-12H2,1-6H3. The Morgan fingerprint density at radius 1 is 1.05 bits per heavy atom. The number of para-hydroxylation sites is 1. The Labute approximate surface area is 123 Å². The molecule has 0 N–H and O–H groups in total. The van der Waals surface area contributed by atoms with Crippen LogP contribution in [0.1, 0.15) is 53.5 Å². The number of hydrogen-bond acceptors (Lipinski definition) is 1. The van der Waals surface area contributed by atoms with E-state index in [2.05, 4.69) is 59.7 Å². The fourth-order valence-electron chi connectivity index (χ4n) is 3.13. The molecule has 1 unspecified atom stereocenters. The average Bonchev–Trinajstić information content (AvgIpc) is 2.42. The van der Waals surface area contributed by atoms with Gasteiger partial charge in [-0.25, -0.2) is 0 Å². The highest BCUT2D eigenvalue weighted by atomic mass is 16.2. The molecule has 0 radical (unpaired) electrons. The zero-order chi connectivity index (χ0) is 15.1. The van der Waals surface area contributed by atoms with Crippen molar-refractivity contribution in [3.63, 3.8) is 0 Å². The zero-order valence-corrected chi connectivity index (χ0v) is 13.7. The van der Waals surface area contributed by atoms with Gasteiger partial charge in [0.05, 0.1) is 0 Å². The van der Waals surface area contributed by atoms with E-state index in [4.69, 9.17) is 0 Å². The van der Waals surface area contributed by atoms with Crippen molar-refractivity contribution in [1.29, 1.82) is 0 Å². The summed E-state index contributed by atoms with van der Waals surface area (Å²) in [4.78, 5) is 15.1. The summed E-state index contributed by atoms with van der Waals surface area (Å²) in [6, 6.07) is 8.35. The molecular formula is C18H27NO. The number of aryl methyl sites for hydroxylation is 1. The van der Waals surface area contributed by atoms with E-state index in [0.29, 0.717) is 0 Å². The normalized spacial score (nSPS) is 20.6. The molecule has 1 atom stereocenters. The minimum absolute atomic E-state index is 0.00261. The first-order valence-corrected chi connectivity index (χ1v) is 7.54. The van der Waals surface area contributed by atoms with Gasteiger partial charge in [-0.3, -0.25) is 4.79 Å². The molecular weight excluding hydrogens is 246 g/mol. The van der Waals surface area contributed by atoms with Crippen LogP contribution < -0.4 is 4.90 Å². The van der Waals surface area contributed by atoms with Crippen molar-refractivity contribution in [3.8, 4) is 0 Å². The lowest BCUT2D eigenvalue weighted by atomic mass is 9.77. The number of rotatable bonds is 0. The molecule has 0 aliphatic carbocycles. The summed E-state index contributed by atoms with van der Waals surface area (Å²) in [6.45, 7) is 12.9. The average molecular weight is 273 g/mol. The van der Waals surface area contributed by atoms with Crippen molar-refractivity contribution in [2.45, 2.75) is 59.9 Å². The van der Waals surface area contributed by atoms with Crippen molar-refractivity contribution in [2.75, 3.05) is 4.90 Å². The first kappa shape index (κ1) is 15.1. The van der Waals surface area contributed by atoms with Crippen LogP contribution in [0.5, 0.6) is 0 Å². The summed E-state index contributed by atoms with van der Waals surface area (Å²) in [6.07, 6.45) is 1.92. The minimum atomic E-state index is -0.193. The minimum Gasteiger partial charge on any atom is -0.307 e. The summed E-state index contributed by atoms with van der Waals surface area (Å²) < 4.78 is 0. The van der Waals surface area contributed by atoms with Gasteiger partial charge >= 0.3 is 0 Å². The third-order valence-corrected chi connectivity index (χ3v) is 4.17. The maximum Gasteiger partial charge on any atom is 0.231 e. The molecule has 110 valence electrons. The van der Waals surface area contributed by atoms with Crippen LogP contribution in [0.4, 0.5) is 5.69 Å². The number of nitrogens with zero attached hydrogens (tertiary/aromatic N) is 1. The molecule has 1 aromatic rings. The first-order valence-electron chi connectivity index (χ1n) is 7.54. The summed E-state index contributed by atoms with van der Waals surface area (Å²) in [5.74, 6) is 0.351. The zero-order valence-electron chi connectivity index (χ0n) is 13.7. The highest BCUT2D eigenvalue weighted by molar-refractivity contribution is 5.98. The maximum absolute atomic E-state index is 13.1. The number of hydrogen-bond donors (Lipinski definition) is 0. The Bertz CT molecular complexity index is 505. The van der Waals surface area contributed by atoms with Crippen molar-refractivity contribution in [2.24, 2.45) is 11.3 Å². The molecule has 2 heteroatoms. The largest absolute Gasteiger partial charge is 0.307 e. The maximum atomic E-state index is 13.1. The highest BCUT2D eigenvalue weighted by Crippen LogP contribution is 2.40. The Kier molecular flexibility index (Phi) is 3.70. The van der Waals surface area contributed by atoms with Gasteiger partial charge in [-0.2, -0.15) is 0 Å². The van der Waals surface area contributed by atoms with Crippen LogP contribution >= 0.6 is 0 Å². The van der Waals surface area contributed by atoms with E-state index in [1.807, 2.05) is 11.0 Å². The van der Waals surface area contributed by atoms with E-state index in [9.17, 15) is 4.79 Å². The van der Waals surface area contributed by atoms with Gasteiger partial charge in [0.15, 0.2) is 0 Å². The van der Waals surface area contributed by atoms with Gasteiger partial charge in [-0.1, -0.05) is 39.0 Å². The summed E-state index contributed by atoms with van der Waals surface area (Å²) >= 11 is 0. The van der Waals surface area contributed by atoms with Crippen LogP contribution in [0, 0.1) is 11.3 Å². The molecule has 1 aromatic carbocycles. The lowest BCUT2D eigenvalue weighted by Gasteiger charge is -2.40. The number of benzene rings is 1. The molecule has 1 aliphatic rings. The lowest BCUT2D eigenvalue weighted by molar-refractivity contribution is -0.126. The van der Waals surface area contributed by atoms with Crippen LogP contribution in [0.3, 0.4) is 0 Å². The van der Waals surface area contributed by atoms with Crippen molar-refractivity contribution in [1.82, 2.24) is 0 Å². The highest BCUT2D eigenvalue weighted by Gasteiger charge is 2.41. The van der Waals surface area contributed by atoms with Gasteiger partial charge in [0.25, 0.3) is 0 Å². The molecule has 2 nitrogen and oxygen atoms in total. The van der Waals surface area contributed by atoms with E-state index < -0.39 is 0 Å². The topological polar surface area (TPSA) is 20.3 Å². The van der Waals surface area contributed by atoms with Crippen molar-refractivity contribution < 1.29 is 4.79 Å². The number of carbonyl (C=O) groups excluding carboxylic acids is 1. The molecule has 0 saturated heterocycles. The second kappa shape index (κ2) is 4.91. The molecule has 1 amide bonds. The van der Waals surface area contributed by atoms with Gasteiger partial charge in [-0.15, -0.1) is 0 Å². The van der Waals surface area contributed by atoms with Crippen LogP contribution in [-0.2, 0) is 11.2 Å². The molecule has 1 aliphatic heterocycles. The molecule has 20 heavy (non-hydrogen) atoms. The monoisotopic (exact) mass is 273 g/mol. The summed E-state index contributed by atoms with van der Waals surface area (Å²) in [5.41, 5.74) is 2.20. The molecule has 0 bridgehead atoms. The first-order chi connectivity index (χ1) is 9.12. The smallest absolute Gasteiger partial charge is 0.231 e. The van der Waals surface area contributed by atoms with E-state index in [1.165, 1.54) is 5.56 Å². The molecule has 0 saturated carbocycles. The second-order valence-corrected chi connectivity index (χ2v) is 7.93. The van der Waals surface area contributed by atoms with Crippen LogP contribution in [0.2, 0.25) is 0 Å². The van der Waals surface area contributed by atoms with Crippen LogP contribution in [0.25, 0.3) is 0 Å². The Morgan fingerprint density at radius 3 is 2.20 bits per heavy atom. The van der Waals surface area contributed by atoms with E-state index in [-0.39, 0.29) is 22.8 Å². The summed E-state index contributed by atoms with van der Waals surface area (Å²) in [7, 11) is 0. The molecule has 2 rings (SSSR count). The molecule has 0 spiro atoms. The van der Waals surface area contributed by atoms with Crippen LogP contribution in [0.15, 0.2) is 24.3 Å². The second-order valence-electron chi connectivity index (χ2n) is 7.93. The molecule has 0 aromatic heterocycles. The van der Waals surface area contributed by atoms with Crippen molar-refractivity contribution in [3.05, 3.63) is 29.8 Å². The lowest BCUT2D eigenvalue weighted by Crippen LogP contribution is -2.50. The van der Waals surface area contributed by atoms with Gasteiger partial charge in [0, 0.05) is 17.1 Å². The quantitative estimate of drug-likeness (QED) is 0.685. The van der Waals surface area contributed by atoms with Gasteiger partial charge in [0.2, 0.25) is 5.91 Å². The van der Waals surface area contributed by atoms with Gasteiger partial charge < -0.3 is 4.90 Å². The van der Waals surface area contributed by atoms with Crippen LogP contribution in [-0.4, -0.2) is 11.4 Å². The Balaban J connectivity index is 2.55. The number of fused-ring (bicyclic) bond motifs is 1. The van der Waals surface area contributed by atoms with E-state index in [0.717, 1.165) is 18.5 Å². The van der Waals surface area contributed by atoms with Gasteiger partial charge in [0.1, 0.15) is 0 Å². The number of anilines is 1. The third kappa shape index (κ3) is 2.74. The Hall–Kier alpha value is -1.31. The predicted molar refractivity (Wildman–Crippen MR) is 84.9 cm³/mol. The fraction of sp³-hybridized carbons (Fsp3) is 0.611. The number of amides is 1. The number of carbonyl (C=O) groups is 1. The van der Waals surface area contributed by atoms with Gasteiger partial charge in [-0.05, 0) is 50.7 Å². The Morgan fingerprint density at radius 2 is 1.65 bits per heavy atom. The van der Waals surface area contributed by atoms with Crippen molar-refractivity contribution >= 4 is 11.6 Å². The van der Waals surface area contributed by atoms with E-state index in [1.54, 1.807) is 0 Å². The SMILES string of the molecule is CC(C)(C)C1CCc2ccccc2N(C(C)(C)C)C1=O. The predicted octanol–water partition coefficient (Wildman–Crippen LogP) is 4.43. The summed E-state index contributed by atoms with van der Waals surface area (Å²) in [5, 5.41) is 0. The third-order valence-electron chi connectivity index (χ3n) is 4.17.